The molecule has 0 N–H and O–H groups in total. The molecule has 0 unspecified atom stereocenters. The molecule has 2 aliphatic heterocycles. The number of likely N-dealkylation sites (tertiary alicyclic amines) is 1. The third-order valence-corrected chi connectivity index (χ3v) is 7.41. The zero-order valence-electron chi connectivity index (χ0n) is 16.6. The smallest absolute Gasteiger partial charge is 0.241 e. The maximum Gasteiger partial charge on any atom is 0.241 e. The monoisotopic (exact) mass is 432 g/mol. The summed E-state index contributed by atoms with van der Waals surface area (Å²) in [6.07, 6.45) is 1.68. The van der Waals surface area contributed by atoms with Gasteiger partial charge in [0.15, 0.2) is 0 Å². The van der Waals surface area contributed by atoms with Crippen LogP contribution in [0, 0.1) is 5.82 Å². The third kappa shape index (κ3) is 4.49. The van der Waals surface area contributed by atoms with Gasteiger partial charge in [0.2, 0.25) is 15.9 Å². The highest BCUT2D eigenvalue weighted by molar-refractivity contribution is 7.88. The highest BCUT2D eigenvalue weighted by atomic mass is 32.2. The van der Waals surface area contributed by atoms with Crippen molar-refractivity contribution in [2.24, 2.45) is 0 Å². The number of para-hydroxylation sites is 1. The van der Waals surface area contributed by atoms with Crippen molar-refractivity contribution < 1.29 is 22.3 Å². The Morgan fingerprint density at radius 2 is 1.70 bits per heavy atom. The number of carbonyl (C=O) groups is 1. The molecule has 0 aromatic heterocycles. The maximum absolute atomic E-state index is 14.1. The van der Waals surface area contributed by atoms with Crippen LogP contribution in [-0.4, -0.2) is 55.3 Å². The number of halogens is 1. The van der Waals surface area contributed by atoms with Crippen molar-refractivity contribution in [1.29, 1.82) is 0 Å². The first-order valence-corrected chi connectivity index (χ1v) is 11.8. The molecule has 2 aliphatic rings. The van der Waals surface area contributed by atoms with Gasteiger partial charge in [-0.2, -0.15) is 4.31 Å². The van der Waals surface area contributed by atoms with E-state index >= 15 is 0 Å². The fraction of sp³-hybridized carbons (Fsp3) is 0.409. The number of amides is 1. The second-order valence-electron chi connectivity index (χ2n) is 7.75. The van der Waals surface area contributed by atoms with E-state index in [4.69, 9.17) is 4.74 Å². The van der Waals surface area contributed by atoms with Crippen LogP contribution in [0.15, 0.2) is 54.6 Å². The van der Waals surface area contributed by atoms with Gasteiger partial charge in [0, 0.05) is 25.1 Å². The van der Waals surface area contributed by atoms with E-state index in [1.165, 1.54) is 22.5 Å². The van der Waals surface area contributed by atoms with Crippen molar-refractivity contribution in [3.8, 4) is 5.75 Å². The molecule has 2 aromatic carbocycles. The first-order valence-electron chi connectivity index (χ1n) is 10.2. The van der Waals surface area contributed by atoms with Crippen molar-refractivity contribution in [3.63, 3.8) is 0 Å². The highest BCUT2D eigenvalue weighted by Crippen LogP contribution is 2.29. The second kappa shape index (κ2) is 8.73. The molecule has 0 saturated carbocycles. The predicted octanol–water partition coefficient (Wildman–Crippen LogP) is 2.80. The van der Waals surface area contributed by atoms with E-state index in [1.54, 1.807) is 23.1 Å². The van der Waals surface area contributed by atoms with Crippen LogP contribution in [0.4, 0.5) is 4.39 Å². The molecule has 6 nitrogen and oxygen atoms in total. The lowest BCUT2D eigenvalue weighted by Gasteiger charge is -2.26. The van der Waals surface area contributed by atoms with Gasteiger partial charge in [-0.25, -0.2) is 12.8 Å². The number of rotatable bonds is 6. The lowest BCUT2D eigenvalue weighted by molar-refractivity contribution is -0.133. The molecule has 8 heteroatoms. The Kier molecular flexibility index (Phi) is 6.06. The highest BCUT2D eigenvalue weighted by Gasteiger charge is 2.46. The van der Waals surface area contributed by atoms with Gasteiger partial charge in [-0.15, -0.1) is 0 Å². The molecular formula is C22H25FN2O4S. The average Bonchev–Trinajstić information content (AvgIpc) is 3.40. The third-order valence-electron chi connectivity index (χ3n) is 5.62. The molecule has 2 fully saturated rings. The molecule has 2 saturated heterocycles. The number of benzene rings is 2. The van der Waals surface area contributed by atoms with Crippen molar-refractivity contribution in [3.05, 3.63) is 66.0 Å². The minimum Gasteiger partial charge on any atom is -0.489 e. The van der Waals surface area contributed by atoms with Gasteiger partial charge >= 0.3 is 0 Å². The van der Waals surface area contributed by atoms with Crippen LogP contribution in [-0.2, 0) is 20.6 Å². The number of nitrogens with zero attached hydrogens (tertiary/aromatic N) is 2. The zero-order chi connectivity index (χ0) is 21.1. The Labute approximate surface area is 176 Å². The Balaban J connectivity index is 1.58. The fourth-order valence-corrected chi connectivity index (χ4v) is 5.87. The van der Waals surface area contributed by atoms with Gasteiger partial charge in [-0.05, 0) is 31.0 Å². The summed E-state index contributed by atoms with van der Waals surface area (Å²) in [6, 6.07) is 14.1. The second-order valence-corrected chi connectivity index (χ2v) is 9.68. The molecule has 4 rings (SSSR count). The van der Waals surface area contributed by atoms with Crippen LogP contribution in [0.2, 0.25) is 0 Å². The number of carbonyl (C=O) groups excluding carboxylic acids is 1. The van der Waals surface area contributed by atoms with E-state index in [2.05, 4.69) is 0 Å². The molecule has 2 heterocycles. The lowest BCUT2D eigenvalue weighted by Crippen LogP contribution is -2.47. The molecule has 2 atom stereocenters. The number of sulfonamides is 1. The summed E-state index contributed by atoms with van der Waals surface area (Å²) >= 11 is 0. The lowest BCUT2D eigenvalue weighted by atomic mass is 10.2. The fourth-order valence-electron chi connectivity index (χ4n) is 4.12. The average molecular weight is 433 g/mol. The normalized spacial score (nSPS) is 22.4. The summed E-state index contributed by atoms with van der Waals surface area (Å²) < 4.78 is 47.7. The first-order chi connectivity index (χ1) is 14.4. The molecular weight excluding hydrogens is 407 g/mol. The molecule has 160 valence electrons. The van der Waals surface area contributed by atoms with Gasteiger partial charge in [0.1, 0.15) is 23.7 Å². The standard InChI is InChI=1S/C22H25FN2O4S/c23-20-11-5-4-8-17(20)16-30(27,28)25-15-19(29-18-9-2-1-3-10-18)14-21(25)22(26)24-12-6-7-13-24/h1-5,8-11,19,21H,6-7,12-16H2/t19-,21-/m0/s1. The van der Waals surface area contributed by atoms with Crippen molar-refractivity contribution in [2.45, 2.75) is 37.2 Å². The maximum atomic E-state index is 14.1. The Bertz CT molecular complexity index is 993. The molecule has 0 spiro atoms. The van der Waals surface area contributed by atoms with Gasteiger partial charge in [0.05, 0.1) is 12.3 Å². The molecule has 0 bridgehead atoms. The van der Waals surface area contributed by atoms with Crippen molar-refractivity contribution >= 4 is 15.9 Å². The van der Waals surface area contributed by atoms with Crippen LogP contribution in [0.3, 0.4) is 0 Å². The van der Waals surface area contributed by atoms with Crippen LogP contribution < -0.4 is 4.74 Å². The van der Waals surface area contributed by atoms with E-state index in [-0.39, 0.29) is 24.4 Å². The summed E-state index contributed by atoms with van der Waals surface area (Å²) in [6.45, 7) is 1.34. The summed E-state index contributed by atoms with van der Waals surface area (Å²) in [5, 5.41) is 0. The number of hydrogen-bond donors (Lipinski definition) is 0. The Morgan fingerprint density at radius 1 is 1.03 bits per heavy atom. The summed E-state index contributed by atoms with van der Waals surface area (Å²) in [5.41, 5.74) is 0.0947. The van der Waals surface area contributed by atoms with Crippen LogP contribution in [0.1, 0.15) is 24.8 Å². The summed E-state index contributed by atoms with van der Waals surface area (Å²) in [4.78, 5) is 14.8. The minimum absolute atomic E-state index is 0.0654. The van der Waals surface area contributed by atoms with E-state index in [0.717, 1.165) is 12.8 Å². The molecule has 0 radical (unpaired) electrons. The Morgan fingerprint density at radius 3 is 2.40 bits per heavy atom. The number of ether oxygens (including phenoxy) is 1. The molecule has 30 heavy (non-hydrogen) atoms. The van der Waals surface area contributed by atoms with Crippen LogP contribution >= 0.6 is 0 Å². The van der Waals surface area contributed by atoms with E-state index in [9.17, 15) is 17.6 Å². The van der Waals surface area contributed by atoms with Crippen molar-refractivity contribution in [1.82, 2.24) is 9.21 Å². The topological polar surface area (TPSA) is 66.9 Å². The Hall–Kier alpha value is -2.45. The predicted molar refractivity (Wildman–Crippen MR) is 111 cm³/mol. The quantitative estimate of drug-likeness (QED) is 0.704. The largest absolute Gasteiger partial charge is 0.489 e. The van der Waals surface area contributed by atoms with Gasteiger partial charge < -0.3 is 9.64 Å². The summed E-state index contributed by atoms with van der Waals surface area (Å²) in [5.74, 6) is -0.617. The molecule has 0 aliphatic carbocycles. The van der Waals surface area contributed by atoms with Gasteiger partial charge in [0.25, 0.3) is 0 Å². The van der Waals surface area contributed by atoms with Crippen LogP contribution in [0.25, 0.3) is 0 Å². The van der Waals surface area contributed by atoms with E-state index in [0.29, 0.717) is 18.8 Å². The van der Waals surface area contributed by atoms with Crippen molar-refractivity contribution in [2.75, 3.05) is 19.6 Å². The molecule has 2 aromatic rings. The minimum atomic E-state index is -3.92. The van der Waals surface area contributed by atoms with E-state index < -0.39 is 33.7 Å². The van der Waals surface area contributed by atoms with Crippen LogP contribution in [0.5, 0.6) is 5.75 Å². The van der Waals surface area contributed by atoms with Gasteiger partial charge in [-0.3, -0.25) is 4.79 Å². The zero-order valence-corrected chi connectivity index (χ0v) is 17.4. The SMILES string of the molecule is O=C([C@@H]1C[C@H](Oc2ccccc2)CN1S(=O)(=O)Cc1ccccc1F)N1CCCC1. The molecule has 1 amide bonds. The van der Waals surface area contributed by atoms with Gasteiger partial charge in [-0.1, -0.05) is 36.4 Å². The van der Waals surface area contributed by atoms with E-state index in [1.807, 2.05) is 18.2 Å². The number of hydrogen-bond acceptors (Lipinski definition) is 4. The first kappa shape index (κ1) is 20.8. The summed E-state index contributed by atoms with van der Waals surface area (Å²) in [7, 11) is -3.92.